The highest BCUT2D eigenvalue weighted by molar-refractivity contribution is 5.81. The first kappa shape index (κ1) is 49.4. The summed E-state index contributed by atoms with van der Waals surface area (Å²) in [5.41, 5.74) is 4.19. The van der Waals surface area contributed by atoms with E-state index >= 15 is 0 Å². The van der Waals surface area contributed by atoms with Crippen LogP contribution < -0.4 is 20.3 Å². The van der Waals surface area contributed by atoms with Gasteiger partial charge in [-0.05, 0) is 38.4 Å². The van der Waals surface area contributed by atoms with Crippen molar-refractivity contribution in [2.45, 2.75) is 26.2 Å². The first-order valence-corrected chi connectivity index (χ1v) is 23.3. The van der Waals surface area contributed by atoms with Crippen LogP contribution in [0.3, 0.4) is 0 Å². The molecule has 4 heterocycles. The second-order valence-electron chi connectivity index (χ2n) is 16.6. The molecule has 0 amide bonds. The van der Waals surface area contributed by atoms with Crippen molar-refractivity contribution in [1.29, 1.82) is 0 Å². The molecule has 0 unspecified atom stereocenters. The van der Waals surface area contributed by atoms with Crippen LogP contribution in [0, 0.1) is 0 Å². The summed E-state index contributed by atoms with van der Waals surface area (Å²) in [4.78, 5) is 29.7. The van der Waals surface area contributed by atoms with E-state index in [1.54, 1.807) is 45.8 Å². The molecule has 0 saturated carbocycles. The van der Waals surface area contributed by atoms with Crippen molar-refractivity contribution in [2.24, 2.45) is 0 Å². The van der Waals surface area contributed by atoms with Crippen molar-refractivity contribution in [3.63, 3.8) is 0 Å². The number of ether oxygens (including phenoxy) is 6. The third kappa shape index (κ3) is 14.7. The van der Waals surface area contributed by atoms with Gasteiger partial charge < -0.3 is 37.3 Å². The quantitative estimate of drug-likeness (QED) is 0.0483. The van der Waals surface area contributed by atoms with E-state index in [9.17, 15) is 9.59 Å². The normalized spacial score (nSPS) is 11.7. The fourth-order valence-electron chi connectivity index (χ4n) is 7.43. The van der Waals surface area contributed by atoms with Crippen molar-refractivity contribution in [3.8, 4) is 34.1 Å². The Morgan fingerprint density at radius 3 is 1.31 bits per heavy atom. The molecule has 0 saturated heterocycles. The molecular formula is C52H58N8O10. The zero-order valence-corrected chi connectivity index (χ0v) is 39.5. The lowest BCUT2D eigenvalue weighted by molar-refractivity contribution is 0.0333. The minimum atomic E-state index is -0.100. The lowest BCUT2D eigenvalue weighted by Gasteiger charge is -2.20. The molecule has 0 aliphatic rings. The highest BCUT2D eigenvalue weighted by atomic mass is 16.5. The molecule has 0 aliphatic heterocycles. The smallest absolute Gasteiger partial charge is 0.193 e. The van der Waals surface area contributed by atoms with Crippen LogP contribution in [0.15, 0.2) is 140 Å². The van der Waals surface area contributed by atoms with Gasteiger partial charge in [0.05, 0.1) is 88.1 Å². The summed E-state index contributed by atoms with van der Waals surface area (Å²) in [5, 5.41) is 18.2. The number of hydrogen-bond acceptors (Lipinski definition) is 16. The Hall–Kier alpha value is -7.06. The van der Waals surface area contributed by atoms with Gasteiger partial charge in [0.1, 0.15) is 47.4 Å². The molecule has 0 N–H and O–H groups in total. The van der Waals surface area contributed by atoms with Crippen LogP contribution in [0.25, 0.3) is 44.6 Å². The molecule has 0 radical (unpaired) electrons. The number of hydrogen-bond donors (Lipinski definition) is 0. The van der Waals surface area contributed by atoms with E-state index < -0.39 is 0 Å². The summed E-state index contributed by atoms with van der Waals surface area (Å²) in [6.07, 6.45) is 3.89. The van der Waals surface area contributed by atoms with E-state index in [1.165, 1.54) is 12.1 Å². The van der Waals surface area contributed by atoms with Gasteiger partial charge >= 0.3 is 0 Å². The van der Waals surface area contributed by atoms with E-state index in [1.807, 2.05) is 73.1 Å². The molecule has 366 valence electrons. The third-order valence-corrected chi connectivity index (χ3v) is 11.1. The zero-order chi connectivity index (χ0) is 48.3. The Bertz CT molecular complexity index is 2780. The Morgan fingerprint density at radius 2 is 0.886 bits per heavy atom. The molecule has 8 aromatic rings. The number of benzene rings is 4. The van der Waals surface area contributed by atoms with Gasteiger partial charge in [-0.3, -0.25) is 19.4 Å². The zero-order valence-electron chi connectivity index (χ0n) is 39.5. The highest BCUT2D eigenvalue weighted by Gasteiger charge is 2.12. The van der Waals surface area contributed by atoms with Gasteiger partial charge in [0, 0.05) is 74.0 Å². The second-order valence-corrected chi connectivity index (χ2v) is 16.6. The van der Waals surface area contributed by atoms with Crippen molar-refractivity contribution in [2.75, 3.05) is 93.3 Å². The molecule has 0 bridgehead atoms. The summed E-state index contributed by atoms with van der Waals surface area (Å²) in [6, 6.07) is 32.5. The lowest BCUT2D eigenvalue weighted by Crippen LogP contribution is -2.30. The maximum atomic E-state index is 12.6. The van der Waals surface area contributed by atoms with E-state index in [0.29, 0.717) is 137 Å². The summed E-state index contributed by atoms with van der Waals surface area (Å²) in [5.74, 6) is 2.22. The minimum Gasteiger partial charge on any atom is -0.491 e. The van der Waals surface area contributed by atoms with Crippen molar-refractivity contribution in [3.05, 3.63) is 153 Å². The van der Waals surface area contributed by atoms with Gasteiger partial charge in [0.15, 0.2) is 10.9 Å². The largest absolute Gasteiger partial charge is 0.491 e. The van der Waals surface area contributed by atoms with E-state index in [-0.39, 0.29) is 10.9 Å². The number of likely N-dealkylation sites (N-methyl/N-ethyl adjacent to an activating group) is 2. The fraction of sp³-hybridized carbons (Fsp3) is 0.346. The minimum absolute atomic E-state index is 0.100. The van der Waals surface area contributed by atoms with Crippen LogP contribution in [-0.2, 0) is 45.1 Å². The van der Waals surface area contributed by atoms with Crippen LogP contribution >= 0.6 is 0 Å². The monoisotopic (exact) mass is 954 g/mol. The van der Waals surface area contributed by atoms with Gasteiger partial charge in [0.2, 0.25) is 0 Å². The Kier molecular flexibility index (Phi) is 18.0. The molecule has 70 heavy (non-hydrogen) atoms. The molecule has 4 aromatic carbocycles. The number of rotatable bonds is 29. The predicted octanol–water partition coefficient (Wildman–Crippen LogP) is 6.20. The van der Waals surface area contributed by atoms with Crippen LogP contribution in [0.5, 0.6) is 11.5 Å². The van der Waals surface area contributed by atoms with E-state index in [4.69, 9.17) is 37.3 Å². The van der Waals surface area contributed by atoms with Crippen LogP contribution in [0.4, 0.5) is 0 Å². The average molecular weight is 955 g/mol. The summed E-state index contributed by atoms with van der Waals surface area (Å²) in [7, 11) is 4.13. The average Bonchev–Trinajstić information content (AvgIpc) is 4.03. The lowest BCUT2D eigenvalue weighted by atomic mass is 10.1. The highest BCUT2D eigenvalue weighted by Crippen LogP contribution is 2.26. The van der Waals surface area contributed by atoms with Gasteiger partial charge in [-0.25, -0.2) is 9.36 Å². The summed E-state index contributed by atoms with van der Waals surface area (Å²) >= 11 is 0. The summed E-state index contributed by atoms with van der Waals surface area (Å²) in [6.45, 7) is 8.36. The first-order chi connectivity index (χ1) is 34.3. The van der Waals surface area contributed by atoms with Gasteiger partial charge in [-0.2, -0.15) is 0 Å². The first-order valence-electron chi connectivity index (χ1n) is 23.3. The molecular weight excluding hydrogens is 897 g/mol. The number of nitrogens with zero attached hydrogens (tertiary/aromatic N) is 8. The van der Waals surface area contributed by atoms with E-state index in [0.717, 1.165) is 35.6 Å². The number of fused-ring (bicyclic) bond motifs is 2. The van der Waals surface area contributed by atoms with Crippen molar-refractivity contribution in [1.82, 2.24) is 39.8 Å². The molecule has 18 heteroatoms. The molecule has 8 rings (SSSR count). The summed E-state index contributed by atoms with van der Waals surface area (Å²) < 4.78 is 50.1. The molecule has 0 fully saturated rings. The standard InChI is InChI=1S/C52H58N8O10/c1-57(35-41-37-59(55-53-41)19-21-63-23-25-65-27-29-67-43-13-15-45-47(61)33-49(69-51(45)31-43)39-9-5-3-6-10-39)17-18-58(2)36-42-38-60(56-54-42)20-22-64-24-26-66-28-30-68-44-14-16-46-48(62)34-50(70-52(46)32-44)40-11-7-4-8-12-40/h3-16,31-34,37-38H,17-30,35-36H2,1-2H3. The number of aromatic nitrogens is 6. The second kappa shape index (κ2) is 25.5. The maximum absolute atomic E-state index is 12.6. The fourth-order valence-corrected chi connectivity index (χ4v) is 7.43. The van der Waals surface area contributed by atoms with Crippen LogP contribution in [-0.4, -0.2) is 133 Å². The SMILES string of the molecule is CN(CCN(C)Cc1cn(CCOCCOCCOc2ccc3c(=O)cc(-c4ccccc4)oc3c2)nn1)Cc1cn(CCOCCOCCOc2ccc3c(=O)cc(-c4ccccc4)oc3c2)nn1. The molecule has 0 spiro atoms. The Morgan fingerprint density at radius 1 is 0.486 bits per heavy atom. The predicted molar refractivity (Wildman–Crippen MR) is 263 cm³/mol. The van der Waals surface area contributed by atoms with Crippen LogP contribution in [0.1, 0.15) is 11.4 Å². The van der Waals surface area contributed by atoms with Crippen molar-refractivity contribution >= 4 is 21.9 Å². The molecule has 4 aromatic heterocycles. The topological polar surface area (TPSA) is 184 Å². The van der Waals surface area contributed by atoms with Crippen molar-refractivity contribution < 1.29 is 37.3 Å². The molecule has 18 nitrogen and oxygen atoms in total. The van der Waals surface area contributed by atoms with E-state index in [2.05, 4.69) is 44.5 Å². The van der Waals surface area contributed by atoms with Crippen LogP contribution in [0.2, 0.25) is 0 Å². The van der Waals surface area contributed by atoms with Gasteiger partial charge in [0.25, 0.3) is 0 Å². The molecule has 0 aliphatic carbocycles. The third-order valence-electron chi connectivity index (χ3n) is 11.1. The Balaban J connectivity index is 0.620. The van der Waals surface area contributed by atoms with Gasteiger partial charge in [-0.15, -0.1) is 10.2 Å². The molecule has 0 atom stereocenters. The van der Waals surface area contributed by atoms with Gasteiger partial charge in [-0.1, -0.05) is 71.1 Å². The Labute approximate surface area is 404 Å². The maximum Gasteiger partial charge on any atom is 0.193 e.